The molecule has 3 aliphatic rings. The Morgan fingerprint density at radius 2 is 1.65 bits per heavy atom. The molecule has 0 aromatic heterocycles. The molecule has 0 amide bonds. The molecule has 3 aliphatic carbocycles. The fourth-order valence-corrected chi connectivity index (χ4v) is 6.38. The van der Waals surface area contributed by atoms with Gasteiger partial charge in [0.15, 0.2) is 0 Å². The van der Waals surface area contributed by atoms with Gasteiger partial charge in [0.2, 0.25) is 0 Å². The molecule has 132 valence electrons. The van der Waals surface area contributed by atoms with E-state index >= 15 is 0 Å². The fourth-order valence-electron chi connectivity index (χ4n) is 6.38. The molecule has 0 aliphatic heterocycles. The number of hydrogen-bond donors (Lipinski definition) is 0. The molecule has 0 N–H and O–H groups in total. The molecule has 0 heterocycles. The average Bonchev–Trinajstić information content (AvgIpc) is 2.90. The fraction of sp³-hybridized carbons (Fsp3) is 0.913. The molecule has 3 fully saturated rings. The van der Waals surface area contributed by atoms with E-state index in [9.17, 15) is 0 Å². The Kier molecular flexibility index (Phi) is 5.92. The van der Waals surface area contributed by atoms with Gasteiger partial charge in [-0.3, -0.25) is 0 Å². The zero-order chi connectivity index (χ0) is 16.3. The second kappa shape index (κ2) is 7.75. The molecule has 0 radical (unpaired) electrons. The maximum Gasteiger partial charge on any atom is -0.0205 e. The Hall–Kier alpha value is -0.260. The SMILES string of the molecule is C=C(CC1C(C)CCC1CCC)C1CCC2(CCCCC2)CC1. The predicted octanol–water partition coefficient (Wildman–Crippen LogP) is 7.54. The van der Waals surface area contributed by atoms with Crippen LogP contribution in [0.1, 0.15) is 104 Å². The quantitative estimate of drug-likeness (QED) is 0.460. The summed E-state index contributed by atoms with van der Waals surface area (Å²) in [5, 5.41) is 0. The van der Waals surface area contributed by atoms with Crippen molar-refractivity contribution in [1.29, 1.82) is 0 Å². The smallest absolute Gasteiger partial charge is 0.0205 e. The predicted molar refractivity (Wildman–Crippen MR) is 102 cm³/mol. The monoisotopic (exact) mass is 316 g/mol. The molecule has 0 bridgehead atoms. The molecule has 3 atom stereocenters. The third-order valence-electron chi connectivity index (χ3n) is 8.02. The average molecular weight is 317 g/mol. The van der Waals surface area contributed by atoms with Crippen LogP contribution < -0.4 is 0 Å². The normalized spacial score (nSPS) is 34.8. The second-order valence-electron chi connectivity index (χ2n) is 9.46. The molecular weight excluding hydrogens is 276 g/mol. The Balaban J connectivity index is 1.51. The summed E-state index contributed by atoms with van der Waals surface area (Å²) in [5.74, 6) is 3.75. The van der Waals surface area contributed by atoms with E-state index in [1.165, 1.54) is 89.9 Å². The van der Waals surface area contributed by atoms with Gasteiger partial charge >= 0.3 is 0 Å². The van der Waals surface area contributed by atoms with Gasteiger partial charge in [-0.05, 0) is 80.5 Å². The molecule has 0 heteroatoms. The van der Waals surface area contributed by atoms with Crippen molar-refractivity contribution >= 4 is 0 Å². The van der Waals surface area contributed by atoms with Gasteiger partial charge in [-0.1, -0.05) is 64.5 Å². The lowest BCUT2D eigenvalue weighted by Gasteiger charge is -2.44. The van der Waals surface area contributed by atoms with Gasteiger partial charge in [0, 0.05) is 0 Å². The van der Waals surface area contributed by atoms with Crippen LogP contribution in [0.4, 0.5) is 0 Å². The molecule has 1 spiro atoms. The second-order valence-corrected chi connectivity index (χ2v) is 9.46. The summed E-state index contributed by atoms with van der Waals surface area (Å²) >= 11 is 0. The van der Waals surface area contributed by atoms with Crippen LogP contribution >= 0.6 is 0 Å². The van der Waals surface area contributed by atoms with Crippen LogP contribution in [0.3, 0.4) is 0 Å². The number of allylic oxidation sites excluding steroid dienone is 1. The van der Waals surface area contributed by atoms with Crippen molar-refractivity contribution in [1.82, 2.24) is 0 Å². The van der Waals surface area contributed by atoms with Crippen molar-refractivity contribution in [3.8, 4) is 0 Å². The lowest BCUT2D eigenvalue weighted by Crippen LogP contribution is -2.30. The Morgan fingerprint density at radius 1 is 0.957 bits per heavy atom. The first-order valence-electron chi connectivity index (χ1n) is 10.8. The van der Waals surface area contributed by atoms with E-state index in [0.29, 0.717) is 0 Å². The van der Waals surface area contributed by atoms with Crippen LogP contribution in [0, 0.1) is 29.1 Å². The van der Waals surface area contributed by atoms with Crippen LogP contribution in [-0.4, -0.2) is 0 Å². The van der Waals surface area contributed by atoms with E-state index in [1.54, 1.807) is 5.57 Å². The summed E-state index contributed by atoms with van der Waals surface area (Å²) in [5.41, 5.74) is 2.40. The highest BCUT2D eigenvalue weighted by molar-refractivity contribution is 5.07. The number of hydrogen-bond acceptors (Lipinski definition) is 0. The summed E-state index contributed by atoms with van der Waals surface area (Å²) in [6.07, 6.45) is 20.6. The summed E-state index contributed by atoms with van der Waals surface area (Å²) in [6.45, 7) is 9.47. The van der Waals surface area contributed by atoms with Gasteiger partial charge in [0.25, 0.3) is 0 Å². The summed E-state index contributed by atoms with van der Waals surface area (Å²) < 4.78 is 0. The highest BCUT2D eigenvalue weighted by atomic mass is 14.4. The van der Waals surface area contributed by atoms with Crippen molar-refractivity contribution in [2.75, 3.05) is 0 Å². The Bertz CT molecular complexity index is 375. The molecule has 0 aromatic carbocycles. The van der Waals surface area contributed by atoms with Crippen molar-refractivity contribution in [3.05, 3.63) is 12.2 Å². The molecule has 3 saturated carbocycles. The third kappa shape index (κ3) is 4.05. The van der Waals surface area contributed by atoms with E-state index < -0.39 is 0 Å². The Morgan fingerprint density at radius 3 is 2.30 bits per heavy atom. The highest BCUT2D eigenvalue weighted by Gasteiger charge is 2.38. The van der Waals surface area contributed by atoms with Gasteiger partial charge in [-0.2, -0.15) is 0 Å². The minimum absolute atomic E-state index is 0.764. The van der Waals surface area contributed by atoms with Gasteiger partial charge in [0.05, 0.1) is 0 Å². The van der Waals surface area contributed by atoms with Gasteiger partial charge in [0.1, 0.15) is 0 Å². The zero-order valence-electron chi connectivity index (χ0n) is 15.9. The van der Waals surface area contributed by atoms with Crippen LogP contribution in [0.5, 0.6) is 0 Å². The largest absolute Gasteiger partial charge is 0.0996 e. The summed E-state index contributed by atoms with van der Waals surface area (Å²) in [6, 6.07) is 0. The minimum atomic E-state index is 0.764. The van der Waals surface area contributed by atoms with E-state index in [2.05, 4.69) is 20.4 Å². The third-order valence-corrected chi connectivity index (χ3v) is 8.02. The first kappa shape index (κ1) is 17.6. The molecule has 23 heavy (non-hydrogen) atoms. The minimum Gasteiger partial charge on any atom is -0.0996 e. The van der Waals surface area contributed by atoms with E-state index in [-0.39, 0.29) is 0 Å². The maximum atomic E-state index is 4.60. The molecular formula is C23H40. The van der Waals surface area contributed by atoms with E-state index in [1.807, 2.05) is 0 Å². The maximum absolute atomic E-state index is 4.60. The highest BCUT2D eigenvalue weighted by Crippen LogP contribution is 2.51. The van der Waals surface area contributed by atoms with Crippen LogP contribution in [0.2, 0.25) is 0 Å². The van der Waals surface area contributed by atoms with Crippen molar-refractivity contribution < 1.29 is 0 Å². The lowest BCUT2D eigenvalue weighted by molar-refractivity contribution is 0.104. The molecule has 0 aromatic rings. The zero-order valence-corrected chi connectivity index (χ0v) is 15.9. The molecule has 0 saturated heterocycles. The first-order valence-corrected chi connectivity index (χ1v) is 10.8. The van der Waals surface area contributed by atoms with E-state index in [4.69, 9.17) is 0 Å². The van der Waals surface area contributed by atoms with Gasteiger partial charge < -0.3 is 0 Å². The molecule has 3 unspecified atom stereocenters. The van der Waals surface area contributed by atoms with Crippen molar-refractivity contribution in [3.63, 3.8) is 0 Å². The molecule has 3 rings (SSSR count). The van der Waals surface area contributed by atoms with Gasteiger partial charge in [-0.25, -0.2) is 0 Å². The lowest BCUT2D eigenvalue weighted by atomic mass is 9.62. The summed E-state index contributed by atoms with van der Waals surface area (Å²) in [7, 11) is 0. The van der Waals surface area contributed by atoms with Crippen molar-refractivity contribution in [2.45, 2.75) is 104 Å². The standard InChI is InChI=1S/C23H40/c1-4-8-21-10-9-18(2)22(21)17-19(3)20-11-15-23(16-12-20)13-6-5-7-14-23/h18,20-22H,3-17H2,1-2H3. The van der Waals surface area contributed by atoms with E-state index in [0.717, 1.165) is 29.1 Å². The summed E-state index contributed by atoms with van der Waals surface area (Å²) in [4.78, 5) is 0. The Labute approximate surface area is 145 Å². The topological polar surface area (TPSA) is 0 Å². The number of rotatable bonds is 5. The van der Waals surface area contributed by atoms with Gasteiger partial charge in [-0.15, -0.1) is 0 Å². The van der Waals surface area contributed by atoms with Crippen LogP contribution in [0.25, 0.3) is 0 Å². The first-order chi connectivity index (χ1) is 11.1. The van der Waals surface area contributed by atoms with Crippen molar-refractivity contribution in [2.24, 2.45) is 29.1 Å². The van der Waals surface area contributed by atoms with Crippen LogP contribution in [-0.2, 0) is 0 Å². The molecule has 0 nitrogen and oxygen atoms in total. The van der Waals surface area contributed by atoms with Crippen LogP contribution in [0.15, 0.2) is 12.2 Å².